The number of fused-ring (bicyclic) bond motifs is 1. The van der Waals surface area contributed by atoms with Gasteiger partial charge in [0, 0.05) is 28.8 Å². The van der Waals surface area contributed by atoms with Crippen molar-refractivity contribution in [3.8, 4) is 22.8 Å². The van der Waals surface area contributed by atoms with Gasteiger partial charge in [-0.1, -0.05) is 49.6 Å². The molecule has 160 valence electrons. The molecule has 3 aromatic rings. The number of hydrogen-bond donors (Lipinski definition) is 1. The summed E-state index contributed by atoms with van der Waals surface area (Å²) in [6.45, 7) is 0. The zero-order valence-electron chi connectivity index (χ0n) is 17.9. The zero-order valence-corrected chi connectivity index (χ0v) is 17.9. The van der Waals surface area contributed by atoms with Crippen molar-refractivity contribution in [2.75, 3.05) is 14.2 Å². The molecule has 2 heterocycles. The van der Waals surface area contributed by atoms with E-state index in [1.807, 2.05) is 48.5 Å². The van der Waals surface area contributed by atoms with Crippen molar-refractivity contribution >= 4 is 5.91 Å². The van der Waals surface area contributed by atoms with Gasteiger partial charge in [-0.2, -0.15) is 5.10 Å². The highest BCUT2D eigenvalue weighted by molar-refractivity contribution is 6.00. The molecule has 0 spiro atoms. The summed E-state index contributed by atoms with van der Waals surface area (Å²) < 4.78 is 11.2. The molecule has 1 aliphatic carbocycles. The van der Waals surface area contributed by atoms with Gasteiger partial charge in [0.25, 0.3) is 5.91 Å². The quantitative estimate of drug-likeness (QED) is 0.636. The smallest absolute Gasteiger partial charge is 0.273 e. The van der Waals surface area contributed by atoms with Gasteiger partial charge in [-0.05, 0) is 25.0 Å². The Bertz CT molecular complexity index is 1090. The van der Waals surface area contributed by atoms with Gasteiger partial charge in [-0.25, -0.2) is 0 Å². The normalized spacial score (nSPS) is 18.8. The molecule has 0 bridgehead atoms. The van der Waals surface area contributed by atoms with Crippen LogP contribution >= 0.6 is 0 Å². The Hall–Kier alpha value is -3.28. The van der Waals surface area contributed by atoms with Crippen molar-refractivity contribution in [3.63, 3.8) is 0 Å². The number of H-pyrrole nitrogens is 1. The maximum Gasteiger partial charge on any atom is 0.273 e. The first-order valence-corrected chi connectivity index (χ1v) is 10.9. The van der Waals surface area contributed by atoms with E-state index in [9.17, 15) is 4.79 Å². The molecule has 5 rings (SSSR count). The fourth-order valence-corrected chi connectivity index (χ4v) is 5.07. The van der Waals surface area contributed by atoms with Crippen molar-refractivity contribution in [1.82, 2.24) is 15.1 Å². The molecular formula is C25H27N3O3. The van der Waals surface area contributed by atoms with Crippen LogP contribution in [0.25, 0.3) is 11.3 Å². The van der Waals surface area contributed by atoms with Crippen LogP contribution in [0, 0.1) is 0 Å². The Kier molecular flexibility index (Phi) is 5.14. The van der Waals surface area contributed by atoms with Crippen LogP contribution in [0.2, 0.25) is 0 Å². The van der Waals surface area contributed by atoms with Gasteiger partial charge in [0.15, 0.2) is 0 Å². The highest BCUT2D eigenvalue weighted by atomic mass is 16.5. The number of aromatic nitrogens is 2. The Morgan fingerprint density at radius 1 is 1.00 bits per heavy atom. The average molecular weight is 418 g/mol. The fourth-order valence-electron chi connectivity index (χ4n) is 5.07. The minimum absolute atomic E-state index is 0.0273. The largest absolute Gasteiger partial charge is 0.497 e. The predicted molar refractivity (Wildman–Crippen MR) is 118 cm³/mol. The van der Waals surface area contributed by atoms with Crippen molar-refractivity contribution in [1.29, 1.82) is 0 Å². The van der Waals surface area contributed by atoms with E-state index in [1.165, 1.54) is 6.42 Å². The van der Waals surface area contributed by atoms with Gasteiger partial charge in [0.05, 0.1) is 26.0 Å². The van der Waals surface area contributed by atoms with Gasteiger partial charge in [-0.15, -0.1) is 0 Å². The van der Waals surface area contributed by atoms with Crippen LogP contribution in [-0.2, 0) is 0 Å². The van der Waals surface area contributed by atoms with Gasteiger partial charge in [0.2, 0.25) is 0 Å². The summed E-state index contributed by atoms with van der Waals surface area (Å²) in [5, 5.41) is 7.62. The monoisotopic (exact) mass is 417 g/mol. The van der Waals surface area contributed by atoms with Crippen molar-refractivity contribution < 1.29 is 14.3 Å². The molecule has 0 saturated heterocycles. The van der Waals surface area contributed by atoms with E-state index < -0.39 is 0 Å². The van der Waals surface area contributed by atoms with Crippen LogP contribution in [0.5, 0.6) is 11.5 Å². The lowest BCUT2D eigenvalue weighted by Gasteiger charge is -2.36. The minimum atomic E-state index is -0.250. The molecule has 1 aliphatic heterocycles. The van der Waals surface area contributed by atoms with E-state index in [0.717, 1.165) is 53.8 Å². The molecule has 2 aliphatic rings. The first kappa shape index (κ1) is 19.7. The second kappa shape index (κ2) is 8.10. The summed E-state index contributed by atoms with van der Waals surface area (Å²) >= 11 is 0. The zero-order chi connectivity index (χ0) is 21.4. The van der Waals surface area contributed by atoms with Crippen LogP contribution in [-0.4, -0.2) is 41.3 Å². The number of ether oxygens (including phenoxy) is 2. The molecule has 6 heteroatoms. The number of rotatable bonds is 5. The molecule has 1 fully saturated rings. The van der Waals surface area contributed by atoms with Gasteiger partial charge < -0.3 is 14.4 Å². The summed E-state index contributed by atoms with van der Waals surface area (Å²) in [6.07, 6.45) is 5.59. The molecule has 31 heavy (non-hydrogen) atoms. The molecule has 1 saturated carbocycles. The fraction of sp³-hybridized carbons (Fsp3) is 0.360. The summed E-state index contributed by atoms with van der Waals surface area (Å²) in [5.41, 5.74) is 4.30. The van der Waals surface area contributed by atoms with Gasteiger partial charge >= 0.3 is 0 Å². The van der Waals surface area contributed by atoms with Crippen LogP contribution < -0.4 is 9.47 Å². The first-order chi connectivity index (χ1) is 15.2. The van der Waals surface area contributed by atoms with Crippen molar-refractivity contribution in [2.45, 2.75) is 44.2 Å². The molecule has 1 atom stereocenters. The second-order valence-electron chi connectivity index (χ2n) is 8.24. The molecule has 2 aromatic carbocycles. The van der Waals surface area contributed by atoms with Crippen molar-refractivity contribution in [3.05, 3.63) is 65.4 Å². The molecule has 1 amide bonds. The molecule has 1 N–H and O–H groups in total. The summed E-state index contributed by atoms with van der Waals surface area (Å²) in [5.74, 6) is 1.47. The number of hydrogen-bond acceptors (Lipinski definition) is 4. The van der Waals surface area contributed by atoms with E-state index in [-0.39, 0.29) is 18.0 Å². The van der Waals surface area contributed by atoms with E-state index >= 15 is 0 Å². The predicted octanol–water partition coefficient (Wildman–Crippen LogP) is 4.97. The Balaban J connectivity index is 1.69. The third kappa shape index (κ3) is 3.26. The number of nitrogens with one attached hydrogen (secondary N) is 1. The summed E-state index contributed by atoms with van der Waals surface area (Å²) in [4.78, 5) is 15.7. The number of carbonyl (C=O) groups is 1. The number of nitrogens with zero attached hydrogens (tertiary/aromatic N) is 2. The number of benzene rings is 2. The van der Waals surface area contributed by atoms with Gasteiger partial charge in [-0.3, -0.25) is 9.89 Å². The summed E-state index contributed by atoms with van der Waals surface area (Å²) in [7, 11) is 3.30. The lowest BCUT2D eigenvalue weighted by atomic mass is 9.90. The first-order valence-electron chi connectivity index (χ1n) is 10.9. The van der Waals surface area contributed by atoms with Crippen LogP contribution in [0.3, 0.4) is 0 Å². The topological polar surface area (TPSA) is 67.5 Å². The maximum absolute atomic E-state index is 13.6. The number of amides is 1. The third-order valence-corrected chi connectivity index (χ3v) is 6.55. The van der Waals surface area contributed by atoms with Crippen molar-refractivity contribution in [2.24, 2.45) is 0 Å². The molecule has 6 nitrogen and oxygen atoms in total. The molecule has 1 unspecified atom stereocenters. The van der Waals surface area contributed by atoms with E-state index in [4.69, 9.17) is 9.47 Å². The number of carbonyl (C=O) groups excluding carboxylic acids is 1. The second-order valence-corrected chi connectivity index (χ2v) is 8.24. The lowest BCUT2D eigenvalue weighted by molar-refractivity contribution is 0.0604. The van der Waals surface area contributed by atoms with E-state index in [0.29, 0.717) is 11.4 Å². The number of aromatic amines is 1. The minimum Gasteiger partial charge on any atom is -0.497 e. The lowest BCUT2D eigenvalue weighted by Crippen LogP contribution is -2.40. The Labute approximate surface area is 182 Å². The average Bonchev–Trinajstić information content (AvgIpc) is 3.38. The maximum atomic E-state index is 13.6. The third-order valence-electron chi connectivity index (χ3n) is 6.55. The summed E-state index contributed by atoms with van der Waals surface area (Å²) in [6, 6.07) is 15.8. The van der Waals surface area contributed by atoms with Crippen LogP contribution in [0.4, 0.5) is 0 Å². The standard InChI is InChI=1S/C25H27N3O3/c1-30-18-13-14-19(20(15-18)31-2)24-21-22(16-9-5-3-6-10-16)26-27-23(21)25(29)28(24)17-11-7-4-8-12-17/h3,5-6,9-10,13-15,17,24H,4,7-8,11-12H2,1-2H3,(H,26,27). The number of methoxy groups -OCH3 is 2. The van der Waals surface area contributed by atoms with Gasteiger partial charge in [0.1, 0.15) is 17.2 Å². The van der Waals surface area contributed by atoms with Crippen LogP contribution in [0.15, 0.2) is 48.5 Å². The SMILES string of the molecule is COc1ccc(C2c3c(-c4ccccc4)n[nH]c3C(=O)N2C2CCCCC2)c(OC)c1. The molecular weight excluding hydrogens is 390 g/mol. The molecule has 0 radical (unpaired) electrons. The molecule has 1 aromatic heterocycles. The van der Waals surface area contributed by atoms with E-state index in [1.54, 1.807) is 14.2 Å². The van der Waals surface area contributed by atoms with Crippen LogP contribution in [0.1, 0.15) is 59.8 Å². The highest BCUT2D eigenvalue weighted by Gasteiger charge is 2.46. The Morgan fingerprint density at radius 3 is 2.48 bits per heavy atom. The Morgan fingerprint density at radius 2 is 1.77 bits per heavy atom. The highest BCUT2D eigenvalue weighted by Crippen LogP contribution is 2.48. The van der Waals surface area contributed by atoms with E-state index in [2.05, 4.69) is 15.1 Å².